The molecule has 0 saturated carbocycles. The lowest BCUT2D eigenvalue weighted by molar-refractivity contribution is -0.139. The molecule has 0 radical (unpaired) electrons. The highest BCUT2D eigenvalue weighted by Gasteiger charge is 2.35. The normalized spacial score (nSPS) is 12.4. The van der Waals surface area contributed by atoms with Crippen LogP contribution in [0.2, 0.25) is 0 Å². The van der Waals surface area contributed by atoms with Crippen molar-refractivity contribution < 1.29 is 32.2 Å². The molecule has 0 saturated heterocycles. The summed E-state index contributed by atoms with van der Waals surface area (Å²) in [6.07, 6.45) is -4.89. The average Bonchev–Trinajstić information content (AvgIpc) is 2.99. The molecule has 238 valence electrons. The zero-order chi connectivity index (χ0) is 33.1. The van der Waals surface area contributed by atoms with Crippen LogP contribution in [0.5, 0.6) is 5.75 Å². The molecule has 0 aliphatic heterocycles. The van der Waals surface area contributed by atoms with Crippen molar-refractivity contribution in [2.75, 3.05) is 13.7 Å². The van der Waals surface area contributed by atoms with E-state index in [1.165, 1.54) is 6.92 Å². The Balaban J connectivity index is 1.97. The monoisotopic (exact) mass is 627 g/mol. The van der Waals surface area contributed by atoms with E-state index in [1.807, 2.05) is 19.9 Å². The van der Waals surface area contributed by atoms with Crippen LogP contribution in [0.1, 0.15) is 53.8 Å². The average molecular weight is 628 g/mol. The number of carboxylic acids is 1. The Labute approximate surface area is 256 Å². The Kier molecular flexibility index (Phi) is 9.97. The maximum atomic E-state index is 15.0. The number of carboxylic acid groups (broad SMARTS) is 1. The summed E-state index contributed by atoms with van der Waals surface area (Å²) in [6, 6.07) is 15.4. The van der Waals surface area contributed by atoms with Crippen LogP contribution in [0, 0.1) is 12.7 Å². The summed E-state index contributed by atoms with van der Waals surface area (Å²) >= 11 is 0. The number of aliphatic carboxylic acids is 1. The van der Waals surface area contributed by atoms with Crippen LogP contribution in [-0.2, 0) is 24.1 Å². The number of ether oxygens (including phenoxy) is 1. The number of rotatable bonds is 11. The predicted octanol–water partition coefficient (Wildman–Crippen LogP) is 5.74. The standard InChI is InChI=1S/C33H33F4N3O5/c1-19(2)21-9-7-10-22(15-21)30-20(3)39(16-24-25(33(35,36)37)12-8-13-26(24)34)32(44)40(31(30)43)17-27(38-4)23-11-5-6-14-28(23)45-18-29(41)42/h5-15,19,27,38H,16-18H2,1-4H3,(H,41,42). The Bertz CT molecular complexity index is 1830. The molecule has 0 bridgehead atoms. The van der Waals surface area contributed by atoms with Crippen LogP contribution in [0.25, 0.3) is 11.1 Å². The van der Waals surface area contributed by atoms with Crippen LogP contribution < -0.4 is 21.3 Å². The summed E-state index contributed by atoms with van der Waals surface area (Å²) < 4.78 is 64.1. The van der Waals surface area contributed by atoms with Crippen LogP contribution >= 0.6 is 0 Å². The van der Waals surface area contributed by atoms with Gasteiger partial charge in [0.15, 0.2) is 6.61 Å². The minimum Gasteiger partial charge on any atom is -0.482 e. The van der Waals surface area contributed by atoms with E-state index in [4.69, 9.17) is 9.84 Å². The minimum absolute atomic E-state index is 0.0738. The number of para-hydroxylation sites is 1. The Morgan fingerprint density at radius 3 is 2.33 bits per heavy atom. The third-order valence-corrected chi connectivity index (χ3v) is 7.63. The number of likely N-dealkylation sites (N-methyl/N-ethyl adjacent to an activating group) is 1. The van der Waals surface area contributed by atoms with Crippen LogP contribution in [0.4, 0.5) is 17.6 Å². The third kappa shape index (κ3) is 7.17. The molecular formula is C33H33F4N3O5. The molecule has 4 rings (SSSR count). The third-order valence-electron chi connectivity index (χ3n) is 7.63. The largest absolute Gasteiger partial charge is 0.482 e. The smallest absolute Gasteiger partial charge is 0.416 e. The van der Waals surface area contributed by atoms with Crippen LogP contribution in [0.3, 0.4) is 0 Å². The Morgan fingerprint density at radius 1 is 1.00 bits per heavy atom. The Hall–Kier alpha value is -4.71. The maximum Gasteiger partial charge on any atom is 0.416 e. The molecule has 0 aliphatic rings. The first-order valence-electron chi connectivity index (χ1n) is 14.1. The molecule has 2 N–H and O–H groups in total. The number of aromatic nitrogens is 2. The molecule has 0 spiro atoms. The van der Waals surface area contributed by atoms with E-state index in [-0.39, 0.29) is 29.5 Å². The maximum absolute atomic E-state index is 15.0. The van der Waals surface area contributed by atoms with Gasteiger partial charge in [0.25, 0.3) is 5.56 Å². The van der Waals surface area contributed by atoms with Gasteiger partial charge < -0.3 is 15.2 Å². The molecule has 1 unspecified atom stereocenters. The fourth-order valence-electron chi connectivity index (χ4n) is 5.24. The fourth-order valence-corrected chi connectivity index (χ4v) is 5.24. The van der Waals surface area contributed by atoms with E-state index < -0.39 is 59.5 Å². The molecule has 0 aliphatic carbocycles. The quantitative estimate of drug-likeness (QED) is 0.206. The van der Waals surface area contributed by atoms with E-state index in [1.54, 1.807) is 49.5 Å². The molecule has 1 atom stereocenters. The van der Waals surface area contributed by atoms with Gasteiger partial charge >= 0.3 is 17.8 Å². The summed E-state index contributed by atoms with van der Waals surface area (Å²) in [5.74, 6) is -2.06. The van der Waals surface area contributed by atoms with Gasteiger partial charge in [0.1, 0.15) is 11.6 Å². The molecule has 0 fully saturated rings. The summed E-state index contributed by atoms with van der Waals surface area (Å²) in [7, 11) is 1.57. The zero-order valence-electron chi connectivity index (χ0n) is 25.1. The van der Waals surface area contributed by atoms with Crippen molar-refractivity contribution in [1.82, 2.24) is 14.5 Å². The number of alkyl halides is 3. The van der Waals surface area contributed by atoms with Gasteiger partial charge in [0.2, 0.25) is 0 Å². The number of nitrogens with zero attached hydrogens (tertiary/aromatic N) is 2. The van der Waals surface area contributed by atoms with Crippen molar-refractivity contribution in [2.24, 2.45) is 0 Å². The lowest BCUT2D eigenvalue weighted by atomic mass is 9.97. The first kappa shape index (κ1) is 33.2. The van der Waals surface area contributed by atoms with Gasteiger partial charge in [-0.25, -0.2) is 14.0 Å². The van der Waals surface area contributed by atoms with E-state index in [0.717, 1.165) is 32.9 Å². The van der Waals surface area contributed by atoms with Crippen LogP contribution in [-0.4, -0.2) is 33.9 Å². The van der Waals surface area contributed by atoms with Crippen molar-refractivity contribution >= 4 is 5.97 Å². The first-order valence-corrected chi connectivity index (χ1v) is 14.1. The van der Waals surface area contributed by atoms with Gasteiger partial charge in [-0.2, -0.15) is 13.2 Å². The van der Waals surface area contributed by atoms with Crippen molar-refractivity contribution in [3.8, 4) is 16.9 Å². The van der Waals surface area contributed by atoms with Gasteiger partial charge in [-0.1, -0.05) is 62.4 Å². The lowest BCUT2D eigenvalue weighted by Crippen LogP contribution is -2.44. The number of hydrogen-bond acceptors (Lipinski definition) is 5. The Morgan fingerprint density at radius 2 is 1.69 bits per heavy atom. The molecule has 8 nitrogen and oxygen atoms in total. The second-order valence-corrected chi connectivity index (χ2v) is 10.9. The zero-order valence-corrected chi connectivity index (χ0v) is 25.1. The lowest BCUT2D eigenvalue weighted by Gasteiger charge is -2.23. The van der Waals surface area contributed by atoms with Gasteiger partial charge in [-0.15, -0.1) is 0 Å². The predicted molar refractivity (Wildman–Crippen MR) is 161 cm³/mol. The molecule has 1 aromatic heterocycles. The van der Waals surface area contributed by atoms with Gasteiger partial charge in [-0.05, 0) is 49.2 Å². The van der Waals surface area contributed by atoms with E-state index in [0.29, 0.717) is 11.1 Å². The molecule has 0 amide bonds. The van der Waals surface area contributed by atoms with Crippen molar-refractivity contribution in [3.05, 3.63) is 121 Å². The summed E-state index contributed by atoms with van der Waals surface area (Å²) in [5.41, 5.74) is -1.67. The van der Waals surface area contributed by atoms with Crippen molar-refractivity contribution in [2.45, 2.75) is 52.0 Å². The van der Waals surface area contributed by atoms with Crippen molar-refractivity contribution in [1.29, 1.82) is 0 Å². The van der Waals surface area contributed by atoms with Gasteiger partial charge in [0.05, 0.1) is 30.3 Å². The van der Waals surface area contributed by atoms with Crippen LogP contribution in [0.15, 0.2) is 76.3 Å². The minimum atomic E-state index is -4.89. The topological polar surface area (TPSA) is 103 Å². The molecule has 45 heavy (non-hydrogen) atoms. The second kappa shape index (κ2) is 13.5. The van der Waals surface area contributed by atoms with Crippen molar-refractivity contribution in [3.63, 3.8) is 0 Å². The molecule has 12 heteroatoms. The van der Waals surface area contributed by atoms with E-state index in [2.05, 4.69) is 5.32 Å². The highest BCUT2D eigenvalue weighted by molar-refractivity contribution is 5.68. The SMILES string of the molecule is CNC(Cn1c(=O)c(-c2cccc(C(C)C)c2)c(C)n(Cc2c(F)cccc2C(F)(F)F)c1=O)c1ccccc1OCC(=O)O. The first-order chi connectivity index (χ1) is 21.2. The number of nitrogens with one attached hydrogen (secondary N) is 1. The molecular weight excluding hydrogens is 594 g/mol. The number of carbonyl (C=O) groups is 1. The van der Waals surface area contributed by atoms with Gasteiger partial charge in [-0.3, -0.25) is 13.9 Å². The highest BCUT2D eigenvalue weighted by Crippen LogP contribution is 2.34. The summed E-state index contributed by atoms with van der Waals surface area (Å²) in [5, 5.41) is 12.1. The molecule has 4 aromatic rings. The number of hydrogen-bond donors (Lipinski definition) is 2. The van der Waals surface area contributed by atoms with Gasteiger partial charge in [0, 0.05) is 16.8 Å². The fraction of sp³-hybridized carbons (Fsp3) is 0.303. The summed E-state index contributed by atoms with van der Waals surface area (Å²) in [6.45, 7) is 3.65. The van der Waals surface area contributed by atoms with E-state index in [9.17, 15) is 31.9 Å². The number of halogens is 4. The highest BCUT2D eigenvalue weighted by atomic mass is 19.4. The molecule has 1 heterocycles. The second-order valence-electron chi connectivity index (χ2n) is 10.9. The molecule has 3 aromatic carbocycles. The summed E-state index contributed by atoms with van der Waals surface area (Å²) in [4.78, 5) is 39.3. The van der Waals surface area contributed by atoms with E-state index >= 15 is 0 Å². The number of benzene rings is 3.